The minimum absolute atomic E-state index is 0.266. The van der Waals surface area contributed by atoms with Crippen LogP contribution in [0.1, 0.15) is 76.3 Å². The van der Waals surface area contributed by atoms with Crippen molar-refractivity contribution in [1.29, 1.82) is 0 Å². The van der Waals surface area contributed by atoms with Crippen LogP contribution in [0.15, 0.2) is 77.5 Å². The van der Waals surface area contributed by atoms with Gasteiger partial charge in [0, 0.05) is 12.1 Å². The number of unbranched alkanes of at least 4 members (excludes halogenated alkanes) is 5. The van der Waals surface area contributed by atoms with E-state index in [1.54, 1.807) is 6.92 Å². The van der Waals surface area contributed by atoms with Gasteiger partial charge in [-0.1, -0.05) is 87.6 Å². The zero-order valence-corrected chi connectivity index (χ0v) is 23.4. The fourth-order valence-corrected chi connectivity index (χ4v) is 4.46. The van der Waals surface area contributed by atoms with E-state index in [4.69, 9.17) is 18.9 Å². The second-order valence-corrected chi connectivity index (χ2v) is 9.49. The molecule has 2 aromatic carbocycles. The Hall–Kier alpha value is -3.94. The number of hydrogen-bond acceptors (Lipinski definition) is 7. The largest absolute Gasteiger partial charge is 0.513 e. The maximum absolute atomic E-state index is 12.9. The molecule has 1 atom stereocenters. The summed E-state index contributed by atoms with van der Waals surface area (Å²) in [5, 5.41) is 6.02. The monoisotopic (exact) mass is 536 g/mol. The Balaban J connectivity index is 1.83. The van der Waals surface area contributed by atoms with E-state index in [0.717, 1.165) is 24.8 Å². The van der Waals surface area contributed by atoms with Gasteiger partial charge in [-0.2, -0.15) is 0 Å². The average molecular weight is 537 g/mol. The third-order valence-electron chi connectivity index (χ3n) is 6.47. The van der Waals surface area contributed by atoms with Crippen LogP contribution in [0.25, 0.3) is 0 Å². The van der Waals surface area contributed by atoms with Crippen molar-refractivity contribution in [2.24, 2.45) is 0 Å². The molecule has 8 nitrogen and oxygen atoms in total. The number of methoxy groups -OCH3 is 1. The Morgan fingerprint density at radius 3 is 2.21 bits per heavy atom. The highest BCUT2D eigenvalue weighted by Crippen LogP contribution is 2.43. The predicted octanol–water partition coefficient (Wildman–Crippen LogP) is 7.29. The summed E-state index contributed by atoms with van der Waals surface area (Å²) in [6, 6.07) is 17.3. The van der Waals surface area contributed by atoms with Crippen LogP contribution in [0.3, 0.4) is 0 Å². The molecule has 0 radical (unpaired) electrons. The summed E-state index contributed by atoms with van der Waals surface area (Å²) in [5.74, 6) is 0.433. The first kappa shape index (κ1) is 29.6. The molecule has 210 valence electrons. The maximum atomic E-state index is 12.9. The summed E-state index contributed by atoms with van der Waals surface area (Å²) >= 11 is 0. The standard InChI is InChI=1S/C31H40N2O6/c1-5-6-7-8-9-15-20-32-30(34)38-28-22(2)33-23(3)29(39-31(35)36-4)27(28)25-18-13-14-19-26(25)37-21-24-16-11-10-12-17-24/h10-14,16-19,27,33H,5-9,15,20-21H2,1-4H3,(H,32,34). The molecule has 0 saturated heterocycles. The Kier molecular flexibility index (Phi) is 11.7. The number of carbonyl (C=O) groups is 2. The number of alkyl carbamates (subject to hydrolysis) is 1. The van der Waals surface area contributed by atoms with Crippen LogP contribution < -0.4 is 15.4 Å². The highest BCUT2D eigenvalue weighted by molar-refractivity contribution is 5.70. The van der Waals surface area contributed by atoms with Gasteiger partial charge in [-0.3, -0.25) is 0 Å². The van der Waals surface area contributed by atoms with Crippen molar-refractivity contribution in [3.8, 4) is 5.75 Å². The number of benzene rings is 2. The molecule has 0 aromatic heterocycles. The normalized spacial score (nSPS) is 14.9. The van der Waals surface area contributed by atoms with Gasteiger partial charge in [0.05, 0.1) is 18.5 Å². The summed E-state index contributed by atoms with van der Waals surface area (Å²) in [6.45, 7) is 6.66. The molecule has 2 aromatic rings. The number of para-hydroxylation sites is 1. The lowest BCUT2D eigenvalue weighted by Crippen LogP contribution is -2.32. The number of amides is 1. The molecule has 1 unspecified atom stereocenters. The minimum atomic E-state index is -0.870. The number of nitrogens with one attached hydrogen (secondary N) is 2. The Morgan fingerprint density at radius 2 is 1.49 bits per heavy atom. The van der Waals surface area contributed by atoms with Crippen LogP contribution in [-0.4, -0.2) is 25.9 Å². The van der Waals surface area contributed by atoms with Crippen molar-refractivity contribution >= 4 is 12.2 Å². The summed E-state index contributed by atoms with van der Waals surface area (Å²) in [4.78, 5) is 25.1. The fourth-order valence-electron chi connectivity index (χ4n) is 4.46. The van der Waals surface area contributed by atoms with Gasteiger partial charge >= 0.3 is 12.2 Å². The van der Waals surface area contributed by atoms with Crippen LogP contribution in [0, 0.1) is 0 Å². The average Bonchev–Trinajstić information content (AvgIpc) is 2.94. The summed E-state index contributed by atoms with van der Waals surface area (Å²) < 4.78 is 22.5. The summed E-state index contributed by atoms with van der Waals surface area (Å²) in [5.41, 5.74) is 2.92. The second-order valence-electron chi connectivity index (χ2n) is 9.49. The Morgan fingerprint density at radius 1 is 0.846 bits per heavy atom. The van der Waals surface area contributed by atoms with Crippen molar-refractivity contribution in [1.82, 2.24) is 10.6 Å². The molecule has 2 N–H and O–H groups in total. The number of ether oxygens (including phenoxy) is 4. The van der Waals surface area contributed by atoms with Gasteiger partial charge in [0.1, 0.15) is 29.8 Å². The third-order valence-corrected chi connectivity index (χ3v) is 6.47. The number of allylic oxidation sites excluding steroid dienone is 2. The molecule has 1 heterocycles. The van der Waals surface area contributed by atoms with E-state index in [2.05, 4.69) is 17.6 Å². The SMILES string of the molecule is CCCCCCCCNC(=O)OC1=C(C)NC(C)=C(OC(=O)OC)C1c1ccccc1OCc1ccccc1. The highest BCUT2D eigenvalue weighted by Gasteiger charge is 2.37. The summed E-state index contributed by atoms with van der Waals surface area (Å²) in [6.07, 6.45) is 5.29. The molecule has 0 spiro atoms. The lowest BCUT2D eigenvalue weighted by molar-refractivity contribution is 0.0886. The van der Waals surface area contributed by atoms with Crippen molar-refractivity contribution in [3.05, 3.63) is 88.6 Å². The molecular weight excluding hydrogens is 496 g/mol. The fraction of sp³-hybridized carbons (Fsp3) is 0.419. The zero-order chi connectivity index (χ0) is 28.0. The Labute approximate surface area is 231 Å². The van der Waals surface area contributed by atoms with Crippen molar-refractivity contribution in [2.45, 2.75) is 71.8 Å². The predicted molar refractivity (Wildman–Crippen MR) is 150 cm³/mol. The number of hydrogen-bond donors (Lipinski definition) is 2. The molecule has 0 fully saturated rings. The van der Waals surface area contributed by atoms with Gasteiger partial charge < -0.3 is 29.6 Å². The molecule has 1 amide bonds. The van der Waals surface area contributed by atoms with E-state index in [0.29, 0.717) is 41.6 Å². The van der Waals surface area contributed by atoms with Crippen LogP contribution in [-0.2, 0) is 20.8 Å². The van der Waals surface area contributed by atoms with E-state index < -0.39 is 18.2 Å². The van der Waals surface area contributed by atoms with Crippen LogP contribution in [0.4, 0.5) is 9.59 Å². The molecule has 0 aliphatic carbocycles. The topological polar surface area (TPSA) is 95.1 Å². The van der Waals surface area contributed by atoms with E-state index in [-0.39, 0.29) is 5.76 Å². The quantitative estimate of drug-likeness (QED) is 0.205. The highest BCUT2D eigenvalue weighted by atomic mass is 16.7. The first-order valence-electron chi connectivity index (χ1n) is 13.6. The van der Waals surface area contributed by atoms with Gasteiger partial charge in [-0.05, 0) is 31.9 Å². The van der Waals surface area contributed by atoms with Gasteiger partial charge in [0.2, 0.25) is 0 Å². The van der Waals surface area contributed by atoms with Gasteiger partial charge in [-0.15, -0.1) is 0 Å². The molecule has 1 aliphatic rings. The zero-order valence-electron chi connectivity index (χ0n) is 23.4. The van der Waals surface area contributed by atoms with Crippen LogP contribution in [0.2, 0.25) is 0 Å². The van der Waals surface area contributed by atoms with E-state index in [9.17, 15) is 9.59 Å². The van der Waals surface area contributed by atoms with Crippen molar-refractivity contribution in [2.75, 3.05) is 13.7 Å². The van der Waals surface area contributed by atoms with Crippen LogP contribution >= 0.6 is 0 Å². The maximum Gasteiger partial charge on any atom is 0.513 e. The first-order valence-corrected chi connectivity index (χ1v) is 13.6. The van der Waals surface area contributed by atoms with Gasteiger partial charge in [0.25, 0.3) is 0 Å². The molecule has 0 saturated carbocycles. The second kappa shape index (κ2) is 15.5. The van der Waals surface area contributed by atoms with E-state index >= 15 is 0 Å². The molecule has 39 heavy (non-hydrogen) atoms. The smallest absolute Gasteiger partial charge is 0.489 e. The lowest BCUT2D eigenvalue weighted by Gasteiger charge is -2.31. The Bertz CT molecular complexity index is 1160. The van der Waals surface area contributed by atoms with Crippen LogP contribution in [0.5, 0.6) is 5.75 Å². The first-order chi connectivity index (χ1) is 18.9. The van der Waals surface area contributed by atoms with Gasteiger partial charge in [0.15, 0.2) is 0 Å². The van der Waals surface area contributed by atoms with Crippen molar-refractivity contribution < 1.29 is 28.5 Å². The van der Waals surface area contributed by atoms with Crippen molar-refractivity contribution in [3.63, 3.8) is 0 Å². The minimum Gasteiger partial charge on any atom is -0.489 e. The lowest BCUT2D eigenvalue weighted by atomic mass is 9.90. The molecule has 3 rings (SSSR count). The van der Waals surface area contributed by atoms with E-state index in [1.807, 2.05) is 61.5 Å². The van der Waals surface area contributed by atoms with E-state index in [1.165, 1.54) is 26.4 Å². The molecular formula is C31H40N2O6. The number of carbonyl (C=O) groups excluding carboxylic acids is 2. The summed E-state index contributed by atoms with van der Waals surface area (Å²) in [7, 11) is 1.24. The van der Waals surface area contributed by atoms with Gasteiger partial charge in [-0.25, -0.2) is 9.59 Å². The number of rotatable bonds is 13. The third kappa shape index (κ3) is 8.80. The molecule has 0 bridgehead atoms. The molecule has 8 heteroatoms. The molecule has 1 aliphatic heterocycles. The number of dihydropyridines is 1.